The monoisotopic (exact) mass is 301 g/mol. The molecule has 0 aliphatic rings. The van der Waals surface area contributed by atoms with Gasteiger partial charge in [0.1, 0.15) is 18.0 Å². The van der Waals surface area contributed by atoms with Crippen LogP contribution in [0.1, 0.15) is 30.2 Å². The SMILES string of the molecule is C[C@@H](OC(=O)C(c1ccccc1F)N(C)C)c1ccccc1. The van der Waals surface area contributed by atoms with Crippen LogP contribution in [0.25, 0.3) is 0 Å². The van der Waals surface area contributed by atoms with E-state index in [1.54, 1.807) is 44.1 Å². The standard InChI is InChI=1S/C18H20FNO2/c1-13(14-9-5-4-6-10-14)22-18(21)17(20(2)3)15-11-7-8-12-16(15)19/h4-13,17H,1-3H3/t13-,17?/m1/s1. The average Bonchev–Trinajstić information content (AvgIpc) is 2.50. The second-order valence-electron chi connectivity index (χ2n) is 5.38. The summed E-state index contributed by atoms with van der Waals surface area (Å²) in [6, 6.07) is 15.0. The van der Waals surface area contributed by atoms with Gasteiger partial charge in [-0.1, -0.05) is 48.5 Å². The van der Waals surface area contributed by atoms with Crippen molar-refractivity contribution in [2.75, 3.05) is 14.1 Å². The largest absolute Gasteiger partial charge is 0.456 e. The zero-order chi connectivity index (χ0) is 16.1. The van der Waals surface area contributed by atoms with E-state index < -0.39 is 17.8 Å². The molecule has 0 aliphatic heterocycles. The summed E-state index contributed by atoms with van der Waals surface area (Å²) in [4.78, 5) is 14.1. The van der Waals surface area contributed by atoms with Gasteiger partial charge in [-0.3, -0.25) is 4.90 Å². The fourth-order valence-electron chi connectivity index (χ4n) is 2.34. The zero-order valence-electron chi connectivity index (χ0n) is 13.0. The van der Waals surface area contributed by atoms with Gasteiger partial charge in [0, 0.05) is 5.56 Å². The van der Waals surface area contributed by atoms with Gasteiger partial charge in [-0.15, -0.1) is 0 Å². The number of ether oxygens (including phenoxy) is 1. The topological polar surface area (TPSA) is 29.5 Å². The minimum Gasteiger partial charge on any atom is -0.456 e. The highest BCUT2D eigenvalue weighted by atomic mass is 19.1. The highest BCUT2D eigenvalue weighted by Gasteiger charge is 2.28. The van der Waals surface area contributed by atoms with E-state index in [1.165, 1.54) is 6.07 Å². The number of likely N-dealkylation sites (N-methyl/N-ethyl adjacent to an activating group) is 1. The Hall–Kier alpha value is -2.20. The predicted molar refractivity (Wildman–Crippen MR) is 83.8 cm³/mol. The second-order valence-corrected chi connectivity index (χ2v) is 5.38. The molecule has 3 nitrogen and oxygen atoms in total. The third-order valence-corrected chi connectivity index (χ3v) is 3.50. The van der Waals surface area contributed by atoms with Gasteiger partial charge in [-0.05, 0) is 32.6 Å². The molecular formula is C18H20FNO2. The first-order valence-corrected chi connectivity index (χ1v) is 7.17. The van der Waals surface area contributed by atoms with Crippen molar-refractivity contribution in [1.82, 2.24) is 4.90 Å². The molecule has 0 saturated carbocycles. The van der Waals surface area contributed by atoms with Crippen LogP contribution in [-0.4, -0.2) is 25.0 Å². The predicted octanol–water partition coefficient (Wildman–Crippen LogP) is 3.73. The maximum Gasteiger partial charge on any atom is 0.328 e. The first-order valence-electron chi connectivity index (χ1n) is 7.17. The van der Waals surface area contributed by atoms with Gasteiger partial charge in [0.05, 0.1) is 0 Å². The third kappa shape index (κ3) is 3.71. The Labute approximate surface area is 130 Å². The Morgan fingerprint density at radius 2 is 1.64 bits per heavy atom. The Kier molecular flexibility index (Phi) is 5.28. The van der Waals surface area contributed by atoms with Gasteiger partial charge in [0.15, 0.2) is 0 Å². The maximum atomic E-state index is 14.0. The summed E-state index contributed by atoms with van der Waals surface area (Å²) in [6.45, 7) is 1.81. The van der Waals surface area contributed by atoms with Crippen LogP contribution in [0.5, 0.6) is 0 Å². The third-order valence-electron chi connectivity index (χ3n) is 3.50. The molecule has 0 heterocycles. The molecule has 0 bridgehead atoms. The van der Waals surface area contributed by atoms with Crippen LogP contribution in [-0.2, 0) is 9.53 Å². The molecule has 0 fully saturated rings. The molecule has 0 aromatic heterocycles. The van der Waals surface area contributed by atoms with Gasteiger partial charge >= 0.3 is 5.97 Å². The Bertz CT molecular complexity index is 628. The van der Waals surface area contributed by atoms with Crippen molar-refractivity contribution in [3.63, 3.8) is 0 Å². The fraction of sp³-hybridized carbons (Fsp3) is 0.278. The van der Waals surface area contributed by atoms with E-state index in [9.17, 15) is 9.18 Å². The molecule has 116 valence electrons. The molecule has 0 aliphatic carbocycles. The molecule has 0 radical (unpaired) electrons. The second kappa shape index (κ2) is 7.18. The summed E-state index contributed by atoms with van der Waals surface area (Å²) in [5, 5.41) is 0. The van der Waals surface area contributed by atoms with Gasteiger partial charge in [-0.25, -0.2) is 9.18 Å². The van der Waals surface area contributed by atoms with E-state index in [2.05, 4.69) is 0 Å². The molecule has 2 rings (SSSR count). The lowest BCUT2D eigenvalue weighted by Gasteiger charge is -2.25. The van der Waals surface area contributed by atoms with E-state index in [0.717, 1.165) is 5.56 Å². The molecule has 2 atom stereocenters. The molecule has 22 heavy (non-hydrogen) atoms. The number of hydrogen-bond acceptors (Lipinski definition) is 3. The summed E-state index contributed by atoms with van der Waals surface area (Å²) >= 11 is 0. The van der Waals surface area contributed by atoms with Crippen molar-refractivity contribution in [1.29, 1.82) is 0 Å². The summed E-state index contributed by atoms with van der Waals surface area (Å²) in [5.74, 6) is -0.878. The number of nitrogens with zero attached hydrogens (tertiary/aromatic N) is 1. The highest BCUT2D eigenvalue weighted by molar-refractivity contribution is 5.78. The molecule has 0 amide bonds. The lowest BCUT2D eigenvalue weighted by atomic mass is 10.1. The quantitative estimate of drug-likeness (QED) is 0.788. The molecule has 1 unspecified atom stereocenters. The fourth-order valence-corrected chi connectivity index (χ4v) is 2.34. The lowest BCUT2D eigenvalue weighted by Crippen LogP contribution is -2.30. The van der Waals surface area contributed by atoms with Crippen LogP contribution in [0.15, 0.2) is 54.6 Å². The van der Waals surface area contributed by atoms with E-state index in [1.807, 2.05) is 30.3 Å². The van der Waals surface area contributed by atoms with E-state index >= 15 is 0 Å². The Balaban J connectivity index is 2.19. The minimum atomic E-state index is -0.771. The van der Waals surface area contributed by atoms with Crippen molar-refractivity contribution in [2.45, 2.75) is 19.1 Å². The molecule has 2 aromatic rings. The summed E-state index contributed by atoms with van der Waals surface area (Å²) in [6.07, 6.45) is -0.386. The van der Waals surface area contributed by atoms with Crippen molar-refractivity contribution in [3.8, 4) is 0 Å². The normalized spacial score (nSPS) is 13.7. The van der Waals surface area contributed by atoms with Crippen LogP contribution in [0.3, 0.4) is 0 Å². The van der Waals surface area contributed by atoms with Crippen LogP contribution < -0.4 is 0 Å². The molecule has 0 N–H and O–H groups in total. The van der Waals surface area contributed by atoms with E-state index in [0.29, 0.717) is 5.56 Å². The number of carbonyl (C=O) groups is 1. The average molecular weight is 301 g/mol. The van der Waals surface area contributed by atoms with Crippen molar-refractivity contribution >= 4 is 5.97 Å². The molecule has 2 aromatic carbocycles. The number of rotatable bonds is 5. The Morgan fingerprint density at radius 1 is 1.05 bits per heavy atom. The van der Waals surface area contributed by atoms with Crippen LogP contribution in [0, 0.1) is 5.82 Å². The van der Waals surface area contributed by atoms with Gasteiger partial charge < -0.3 is 4.74 Å². The first-order chi connectivity index (χ1) is 10.5. The number of halogens is 1. The first kappa shape index (κ1) is 16.2. The highest BCUT2D eigenvalue weighted by Crippen LogP contribution is 2.26. The smallest absolute Gasteiger partial charge is 0.328 e. The van der Waals surface area contributed by atoms with Crippen molar-refractivity contribution in [2.24, 2.45) is 0 Å². The van der Waals surface area contributed by atoms with Gasteiger partial charge in [-0.2, -0.15) is 0 Å². The summed E-state index contributed by atoms with van der Waals surface area (Å²) in [7, 11) is 3.46. The molecule has 0 saturated heterocycles. The number of hydrogen-bond donors (Lipinski definition) is 0. The molecular weight excluding hydrogens is 281 g/mol. The maximum absolute atomic E-state index is 14.0. The van der Waals surface area contributed by atoms with Crippen molar-refractivity contribution < 1.29 is 13.9 Å². The zero-order valence-corrected chi connectivity index (χ0v) is 13.0. The summed E-state index contributed by atoms with van der Waals surface area (Å²) < 4.78 is 19.5. The van der Waals surface area contributed by atoms with Crippen molar-refractivity contribution in [3.05, 3.63) is 71.5 Å². The van der Waals surface area contributed by atoms with Crippen LogP contribution in [0.4, 0.5) is 4.39 Å². The van der Waals surface area contributed by atoms with Gasteiger partial charge in [0.25, 0.3) is 0 Å². The summed E-state index contributed by atoms with van der Waals surface area (Å²) in [5.41, 5.74) is 1.22. The molecule has 4 heteroatoms. The number of carbonyl (C=O) groups excluding carboxylic acids is 1. The number of esters is 1. The van der Waals surface area contributed by atoms with E-state index in [-0.39, 0.29) is 6.10 Å². The Morgan fingerprint density at radius 3 is 2.23 bits per heavy atom. The van der Waals surface area contributed by atoms with Crippen LogP contribution >= 0.6 is 0 Å². The van der Waals surface area contributed by atoms with Crippen LogP contribution in [0.2, 0.25) is 0 Å². The minimum absolute atomic E-state index is 0.317. The number of benzene rings is 2. The van der Waals surface area contributed by atoms with Gasteiger partial charge in [0.2, 0.25) is 0 Å². The lowest BCUT2D eigenvalue weighted by molar-refractivity contribution is -0.154. The van der Waals surface area contributed by atoms with E-state index in [4.69, 9.17) is 4.74 Å². The molecule has 0 spiro atoms.